The third-order valence-electron chi connectivity index (χ3n) is 2.92. The summed E-state index contributed by atoms with van der Waals surface area (Å²) in [4.78, 5) is 11.2. The summed E-state index contributed by atoms with van der Waals surface area (Å²) in [5.41, 5.74) is 0.618. The summed E-state index contributed by atoms with van der Waals surface area (Å²) in [7, 11) is 0. The first kappa shape index (κ1) is 17.0. The molecule has 4 heteroatoms. The Morgan fingerprint density at radius 2 is 1.95 bits per heavy atom. The Labute approximate surface area is 126 Å². The first-order valence-electron chi connectivity index (χ1n) is 7.26. The first-order valence-corrected chi connectivity index (χ1v) is 7.64. The molecular formula is C16H24ClNO2. The van der Waals surface area contributed by atoms with Crippen LogP contribution in [0.2, 0.25) is 5.02 Å². The molecular weight excluding hydrogens is 274 g/mol. The van der Waals surface area contributed by atoms with E-state index in [1.54, 1.807) is 18.2 Å². The molecule has 1 heterocycles. The Kier molecular flexibility index (Phi) is 7.63. The molecule has 0 bridgehead atoms. The second-order valence-electron chi connectivity index (χ2n) is 4.98. The summed E-state index contributed by atoms with van der Waals surface area (Å²) in [6.45, 7) is 7.74. The number of benzene rings is 1. The Morgan fingerprint density at radius 3 is 2.45 bits per heavy atom. The normalized spacial score (nSPS) is 15.2. The number of halogens is 1. The molecule has 0 unspecified atom stereocenters. The van der Waals surface area contributed by atoms with E-state index in [4.69, 9.17) is 16.3 Å². The molecule has 0 aliphatic carbocycles. The summed E-state index contributed by atoms with van der Waals surface area (Å²) in [6.07, 6.45) is 3.45. The summed E-state index contributed by atoms with van der Waals surface area (Å²) < 4.78 is 5.84. The van der Waals surface area contributed by atoms with Crippen LogP contribution in [-0.4, -0.2) is 25.0 Å². The summed E-state index contributed by atoms with van der Waals surface area (Å²) in [5.74, 6) is 0.684. The smallest absolute Gasteiger partial charge is 0.159 e. The van der Waals surface area contributed by atoms with E-state index in [1.165, 1.54) is 13.3 Å². The number of nitrogens with one attached hydrogen (secondary N) is 1. The molecule has 0 saturated carbocycles. The number of ether oxygens (including phenoxy) is 1. The fourth-order valence-corrected chi connectivity index (χ4v) is 2.13. The minimum absolute atomic E-state index is 0.0142. The molecule has 0 spiro atoms. The zero-order valence-electron chi connectivity index (χ0n) is 12.5. The van der Waals surface area contributed by atoms with Gasteiger partial charge in [-0.1, -0.05) is 31.9 Å². The number of hydrogen-bond acceptors (Lipinski definition) is 3. The van der Waals surface area contributed by atoms with Crippen molar-refractivity contribution < 1.29 is 9.53 Å². The molecule has 0 radical (unpaired) electrons. The molecule has 1 aromatic rings. The van der Waals surface area contributed by atoms with Crippen molar-refractivity contribution in [1.29, 1.82) is 0 Å². The fraction of sp³-hybridized carbons (Fsp3) is 0.562. The Hall–Kier alpha value is -1.06. The molecule has 1 aliphatic rings. The molecule has 0 atom stereocenters. The van der Waals surface area contributed by atoms with Crippen molar-refractivity contribution in [2.24, 2.45) is 0 Å². The van der Waals surface area contributed by atoms with Crippen LogP contribution < -0.4 is 10.1 Å². The molecule has 1 aliphatic heterocycles. The van der Waals surface area contributed by atoms with Gasteiger partial charge in [0.15, 0.2) is 5.78 Å². The SMILES string of the molecule is CC(=O)c1ccc(OC2CCNCC2)c(Cl)c1.CCC. The average Bonchev–Trinajstić information content (AvgIpc) is 2.43. The molecule has 112 valence electrons. The van der Waals surface area contributed by atoms with Crippen molar-refractivity contribution in [1.82, 2.24) is 5.32 Å². The molecule has 2 rings (SSSR count). The number of piperidine rings is 1. The van der Waals surface area contributed by atoms with Gasteiger partial charge in [0.05, 0.1) is 5.02 Å². The molecule has 1 fully saturated rings. The predicted octanol–water partition coefficient (Wildman–Crippen LogP) is 4.09. The zero-order chi connectivity index (χ0) is 15.0. The van der Waals surface area contributed by atoms with Crippen molar-refractivity contribution in [2.75, 3.05) is 13.1 Å². The maximum Gasteiger partial charge on any atom is 0.159 e. The highest BCUT2D eigenvalue weighted by Crippen LogP contribution is 2.27. The highest BCUT2D eigenvalue weighted by Gasteiger charge is 2.16. The minimum Gasteiger partial charge on any atom is -0.489 e. The van der Waals surface area contributed by atoms with Gasteiger partial charge < -0.3 is 10.1 Å². The monoisotopic (exact) mass is 297 g/mol. The van der Waals surface area contributed by atoms with Gasteiger partial charge in [-0.2, -0.15) is 0 Å². The van der Waals surface area contributed by atoms with Gasteiger partial charge >= 0.3 is 0 Å². The molecule has 1 aromatic carbocycles. The van der Waals surface area contributed by atoms with Gasteiger partial charge in [-0.25, -0.2) is 0 Å². The van der Waals surface area contributed by atoms with Crippen LogP contribution in [0, 0.1) is 0 Å². The number of hydrogen-bond donors (Lipinski definition) is 1. The van der Waals surface area contributed by atoms with Gasteiger partial charge in [0.1, 0.15) is 11.9 Å². The lowest BCUT2D eigenvalue weighted by molar-refractivity contribution is 0.101. The molecule has 0 aromatic heterocycles. The van der Waals surface area contributed by atoms with E-state index in [-0.39, 0.29) is 11.9 Å². The lowest BCUT2D eigenvalue weighted by Crippen LogP contribution is -2.34. The maximum atomic E-state index is 11.2. The van der Waals surface area contributed by atoms with E-state index >= 15 is 0 Å². The maximum absolute atomic E-state index is 11.2. The number of rotatable bonds is 3. The highest BCUT2D eigenvalue weighted by molar-refractivity contribution is 6.32. The van der Waals surface area contributed by atoms with Crippen molar-refractivity contribution in [3.05, 3.63) is 28.8 Å². The second kappa shape index (κ2) is 8.98. The molecule has 1 N–H and O–H groups in total. The Balaban J connectivity index is 0.000000612. The third kappa shape index (κ3) is 5.51. The van der Waals surface area contributed by atoms with E-state index < -0.39 is 0 Å². The fourth-order valence-electron chi connectivity index (χ4n) is 1.91. The second-order valence-corrected chi connectivity index (χ2v) is 5.38. The van der Waals surface area contributed by atoms with Gasteiger partial charge in [-0.15, -0.1) is 0 Å². The van der Waals surface area contributed by atoms with E-state index in [0.29, 0.717) is 16.3 Å². The summed E-state index contributed by atoms with van der Waals surface area (Å²) in [5, 5.41) is 3.79. The van der Waals surface area contributed by atoms with Crippen molar-refractivity contribution >= 4 is 17.4 Å². The van der Waals surface area contributed by atoms with Crippen LogP contribution in [0.3, 0.4) is 0 Å². The van der Waals surface area contributed by atoms with E-state index in [0.717, 1.165) is 25.9 Å². The standard InChI is InChI=1S/C13H16ClNO2.C3H8/c1-9(16)10-2-3-13(12(14)8-10)17-11-4-6-15-7-5-11;1-3-2/h2-3,8,11,15H,4-7H2,1H3;3H2,1-2H3. The number of Topliss-reactive ketones (excluding diaryl/α,β-unsaturated/α-hetero) is 1. The van der Waals surface area contributed by atoms with Crippen LogP contribution in [0.15, 0.2) is 18.2 Å². The Morgan fingerprint density at radius 1 is 1.35 bits per heavy atom. The number of ketones is 1. The molecule has 3 nitrogen and oxygen atoms in total. The number of carbonyl (C=O) groups excluding carboxylic acids is 1. The largest absolute Gasteiger partial charge is 0.489 e. The molecule has 20 heavy (non-hydrogen) atoms. The first-order chi connectivity index (χ1) is 9.58. The van der Waals surface area contributed by atoms with Crippen molar-refractivity contribution in [3.63, 3.8) is 0 Å². The van der Waals surface area contributed by atoms with Gasteiger partial charge in [0.25, 0.3) is 0 Å². The quantitative estimate of drug-likeness (QED) is 0.854. The van der Waals surface area contributed by atoms with Crippen LogP contribution in [0.5, 0.6) is 5.75 Å². The van der Waals surface area contributed by atoms with Crippen molar-refractivity contribution in [3.8, 4) is 5.75 Å². The minimum atomic E-state index is 0.0142. The summed E-state index contributed by atoms with van der Waals surface area (Å²) in [6, 6.07) is 5.20. The van der Waals surface area contributed by atoms with Crippen LogP contribution in [-0.2, 0) is 0 Å². The van der Waals surface area contributed by atoms with E-state index in [2.05, 4.69) is 19.2 Å². The average molecular weight is 298 g/mol. The van der Waals surface area contributed by atoms with Crippen LogP contribution in [0.25, 0.3) is 0 Å². The number of carbonyl (C=O) groups is 1. The van der Waals surface area contributed by atoms with Crippen LogP contribution >= 0.6 is 11.6 Å². The lowest BCUT2D eigenvalue weighted by Gasteiger charge is -2.24. The molecule has 0 amide bonds. The van der Waals surface area contributed by atoms with Crippen molar-refractivity contribution in [2.45, 2.75) is 46.1 Å². The van der Waals surface area contributed by atoms with Crippen LogP contribution in [0.4, 0.5) is 0 Å². The van der Waals surface area contributed by atoms with Gasteiger partial charge in [0.2, 0.25) is 0 Å². The van der Waals surface area contributed by atoms with Gasteiger partial charge in [-0.3, -0.25) is 4.79 Å². The molecule has 1 saturated heterocycles. The highest BCUT2D eigenvalue weighted by atomic mass is 35.5. The lowest BCUT2D eigenvalue weighted by atomic mass is 10.1. The van der Waals surface area contributed by atoms with E-state index in [1.807, 2.05) is 0 Å². The van der Waals surface area contributed by atoms with E-state index in [9.17, 15) is 4.79 Å². The topological polar surface area (TPSA) is 38.3 Å². The van der Waals surface area contributed by atoms with Gasteiger partial charge in [-0.05, 0) is 51.1 Å². The van der Waals surface area contributed by atoms with Crippen LogP contribution in [0.1, 0.15) is 50.4 Å². The third-order valence-corrected chi connectivity index (χ3v) is 3.21. The van der Waals surface area contributed by atoms with Gasteiger partial charge in [0, 0.05) is 5.56 Å². The summed E-state index contributed by atoms with van der Waals surface area (Å²) >= 11 is 6.10. The zero-order valence-corrected chi connectivity index (χ0v) is 13.3. The predicted molar refractivity (Wildman–Crippen MR) is 83.9 cm³/mol. The Bertz CT molecular complexity index is 428.